The van der Waals surface area contributed by atoms with Crippen molar-refractivity contribution in [2.45, 2.75) is 13.8 Å². The third kappa shape index (κ3) is 3.04. The molecule has 2 aromatic rings. The van der Waals surface area contributed by atoms with Crippen molar-refractivity contribution in [3.63, 3.8) is 0 Å². The van der Waals surface area contributed by atoms with E-state index in [9.17, 15) is 4.79 Å². The lowest BCUT2D eigenvalue weighted by Gasteiger charge is -2.30. The van der Waals surface area contributed by atoms with Gasteiger partial charge in [-0.05, 0) is 37.1 Å². The van der Waals surface area contributed by atoms with E-state index in [0.717, 1.165) is 35.6 Å². The Morgan fingerprint density at radius 2 is 1.81 bits per heavy atom. The van der Waals surface area contributed by atoms with E-state index in [1.165, 1.54) is 5.56 Å². The summed E-state index contributed by atoms with van der Waals surface area (Å²) in [5.41, 5.74) is 5.52. The highest BCUT2D eigenvalue weighted by Crippen LogP contribution is 2.32. The normalized spacial score (nSPS) is 19.2. The van der Waals surface area contributed by atoms with Crippen LogP contribution in [0.5, 0.6) is 0 Å². The quantitative estimate of drug-likeness (QED) is 0.855. The fraction of sp³-hybridized carbons (Fsp3) is 0.333. The average Bonchev–Trinajstić information content (AvgIpc) is 2.92. The Hall–Kier alpha value is -2.50. The van der Waals surface area contributed by atoms with Crippen LogP contribution in [0.25, 0.3) is 0 Å². The van der Waals surface area contributed by atoms with E-state index in [0.29, 0.717) is 25.6 Å². The van der Waals surface area contributed by atoms with E-state index in [1.807, 2.05) is 48.2 Å². The van der Waals surface area contributed by atoms with Gasteiger partial charge in [0.15, 0.2) is 0 Å². The predicted molar refractivity (Wildman–Crippen MR) is 103 cm³/mol. The van der Waals surface area contributed by atoms with Crippen molar-refractivity contribution in [2.75, 3.05) is 37.9 Å². The number of carbonyl (C=O) groups excluding carboxylic acids is 1. The van der Waals surface area contributed by atoms with E-state index >= 15 is 0 Å². The molecule has 0 aromatic heterocycles. The SMILES string of the molecule is Cc1cccc(N=C2C(=O)N(CN3CCOCC3)c3ccccc32)c1C. The molecule has 0 atom stereocenters. The summed E-state index contributed by atoms with van der Waals surface area (Å²) in [5, 5.41) is 0. The van der Waals surface area contributed by atoms with Crippen LogP contribution < -0.4 is 4.90 Å². The Labute approximate surface area is 153 Å². The Kier molecular flexibility index (Phi) is 4.57. The number of para-hydroxylation sites is 1. The van der Waals surface area contributed by atoms with Gasteiger partial charge in [0.05, 0.1) is 31.3 Å². The molecular weight excluding hydrogens is 326 g/mol. The van der Waals surface area contributed by atoms with Gasteiger partial charge in [0.25, 0.3) is 5.91 Å². The van der Waals surface area contributed by atoms with E-state index < -0.39 is 0 Å². The zero-order valence-electron chi connectivity index (χ0n) is 15.2. The van der Waals surface area contributed by atoms with Gasteiger partial charge >= 0.3 is 0 Å². The highest BCUT2D eigenvalue weighted by Gasteiger charge is 2.34. The molecule has 5 nitrogen and oxygen atoms in total. The highest BCUT2D eigenvalue weighted by atomic mass is 16.5. The lowest BCUT2D eigenvalue weighted by molar-refractivity contribution is -0.112. The molecule has 2 aliphatic rings. The second-order valence-corrected chi connectivity index (χ2v) is 6.80. The first-order chi connectivity index (χ1) is 12.6. The maximum atomic E-state index is 13.2. The summed E-state index contributed by atoms with van der Waals surface area (Å²) in [6, 6.07) is 13.9. The van der Waals surface area contributed by atoms with E-state index in [1.54, 1.807) is 0 Å². The van der Waals surface area contributed by atoms with Gasteiger partial charge in [0.2, 0.25) is 0 Å². The van der Waals surface area contributed by atoms with Crippen LogP contribution in [0.4, 0.5) is 11.4 Å². The van der Waals surface area contributed by atoms with E-state index in [4.69, 9.17) is 9.73 Å². The van der Waals surface area contributed by atoms with Gasteiger partial charge in [-0.3, -0.25) is 14.6 Å². The molecule has 4 rings (SSSR count). The van der Waals surface area contributed by atoms with Crippen LogP contribution in [0, 0.1) is 13.8 Å². The summed E-state index contributed by atoms with van der Waals surface area (Å²) in [7, 11) is 0. The third-order valence-electron chi connectivity index (χ3n) is 5.15. The summed E-state index contributed by atoms with van der Waals surface area (Å²) in [6.45, 7) is 7.80. The molecule has 1 fully saturated rings. The Morgan fingerprint density at radius 1 is 1.04 bits per heavy atom. The first-order valence-electron chi connectivity index (χ1n) is 9.01. The zero-order chi connectivity index (χ0) is 18.1. The minimum absolute atomic E-state index is 0.0291. The largest absolute Gasteiger partial charge is 0.379 e. The summed E-state index contributed by atoms with van der Waals surface area (Å²) in [4.78, 5) is 22.0. The molecule has 26 heavy (non-hydrogen) atoms. The standard InChI is InChI=1S/C21H23N3O2/c1-15-6-5-8-18(16(15)2)22-20-17-7-3-4-9-19(17)24(21(20)25)14-23-10-12-26-13-11-23/h3-9H,10-14H2,1-2H3. The minimum atomic E-state index is -0.0291. The number of benzene rings is 2. The van der Waals surface area contributed by atoms with Crippen LogP contribution in [-0.2, 0) is 9.53 Å². The number of aliphatic imine (C=N–C) groups is 1. The Balaban J connectivity index is 1.71. The number of nitrogens with zero attached hydrogens (tertiary/aromatic N) is 3. The summed E-state index contributed by atoms with van der Waals surface area (Å²) >= 11 is 0. The molecule has 2 aromatic carbocycles. The van der Waals surface area contributed by atoms with Crippen molar-refractivity contribution in [2.24, 2.45) is 4.99 Å². The maximum absolute atomic E-state index is 13.2. The summed E-state index contributed by atoms with van der Waals surface area (Å²) in [5.74, 6) is -0.0291. The number of hydrogen-bond donors (Lipinski definition) is 0. The van der Waals surface area contributed by atoms with Crippen molar-refractivity contribution < 1.29 is 9.53 Å². The molecule has 0 N–H and O–H groups in total. The van der Waals surface area contributed by atoms with E-state index in [-0.39, 0.29) is 5.91 Å². The summed E-state index contributed by atoms with van der Waals surface area (Å²) < 4.78 is 5.42. The fourth-order valence-corrected chi connectivity index (χ4v) is 3.43. The second-order valence-electron chi connectivity index (χ2n) is 6.80. The molecule has 0 bridgehead atoms. The molecule has 2 heterocycles. The van der Waals surface area contributed by atoms with Gasteiger partial charge in [-0.2, -0.15) is 0 Å². The Bertz CT molecular complexity index is 869. The number of rotatable bonds is 3. The summed E-state index contributed by atoms with van der Waals surface area (Å²) in [6.07, 6.45) is 0. The van der Waals surface area contributed by atoms with Gasteiger partial charge in [0.1, 0.15) is 5.71 Å². The van der Waals surface area contributed by atoms with Crippen LogP contribution in [0.15, 0.2) is 47.5 Å². The van der Waals surface area contributed by atoms with Gasteiger partial charge in [0, 0.05) is 18.7 Å². The lowest BCUT2D eigenvalue weighted by Crippen LogP contribution is -2.45. The van der Waals surface area contributed by atoms with Crippen molar-refractivity contribution in [1.82, 2.24) is 4.90 Å². The molecule has 1 amide bonds. The van der Waals surface area contributed by atoms with Crippen LogP contribution in [0.2, 0.25) is 0 Å². The number of morpholine rings is 1. The lowest BCUT2D eigenvalue weighted by atomic mass is 10.1. The maximum Gasteiger partial charge on any atom is 0.278 e. The number of amides is 1. The fourth-order valence-electron chi connectivity index (χ4n) is 3.43. The molecule has 0 radical (unpaired) electrons. The molecule has 0 aliphatic carbocycles. The first-order valence-corrected chi connectivity index (χ1v) is 9.01. The molecule has 2 aliphatic heterocycles. The Morgan fingerprint density at radius 3 is 2.62 bits per heavy atom. The van der Waals surface area contributed by atoms with Crippen LogP contribution in [0.1, 0.15) is 16.7 Å². The van der Waals surface area contributed by atoms with Gasteiger partial charge in [-0.1, -0.05) is 30.3 Å². The van der Waals surface area contributed by atoms with Gasteiger partial charge in [-0.15, -0.1) is 0 Å². The first kappa shape index (κ1) is 16.9. The van der Waals surface area contributed by atoms with Crippen LogP contribution in [-0.4, -0.2) is 49.5 Å². The third-order valence-corrected chi connectivity index (χ3v) is 5.15. The number of aryl methyl sites for hydroxylation is 1. The highest BCUT2D eigenvalue weighted by molar-refractivity contribution is 6.54. The topological polar surface area (TPSA) is 45.1 Å². The van der Waals surface area contributed by atoms with Crippen LogP contribution in [0.3, 0.4) is 0 Å². The molecule has 0 spiro atoms. The van der Waals surface area contributed by atoms with Crippen molar-refractivity contribution >= 4 is 23.0 Å². The minimum Gasteiger partial charge on any atom is -0.379 e. The van der Waals surface area contributed by atoms with Crippen molar-refractivity contribution in [3.8, 4) is 0 Å². The number of anilines is 1. The zero-order valence-corrected chi connectivity index (χ0v) is 15.2. The van der Waals surface area contributed by atoms with Crippen molar-refractivity contribution in [1.29, 1.82) is 0 Å². The van der Waals surface area contributed by atoms with E-state index in [2.05, 4.69) is 17.9 Å². The molecule has 134 valence electrons. The number of fused-ring (bicyclic) bond motifs is 1. The number of carbonyl (C=O) groups is 1. The number of ether oxygens (including phenoxy) is 1. The molecular formula is C21H23N3O2. The molecule has 1 saturated heterocycles. The predicted octanol–water partition coefficient (Wildman–Crippen LogP) is 3.06. The smallest absolute Gasteiger partial charge is 0.278 e. The second kappa shape index (κ2) is 7.02. The van der Waals surface area contributed by atoms with Gasteiger partial charge < -0.3 is 4.74 Å². The molecule has 0 saturated carbocycles. The average molecular weight is 349 g/mol. The van der Waals surface area contributed by atoms with Crippen molar-refractivity contribution in [3.05, 3.63) is 59.2 Å². The number of hydrogen-bond acceptors (Lipinski definition) is 4. The van der Waals surface area contributed by atoms with Crippen LogP contribution >= 0.6 is 0 Å². The molecule has 5 heteroatoms. The van der Waals surface area contributed by atoms with Gasteiger partial charge in [-0.25, -0.2) is 4.99 Å². The molecule has 0 unspecified atom stereocenters. The monoisotopic (exact) mass is 349 g/mol.